The number of aliphatic imine (C=N–C) groups is 2. The molecule has 0 saturated heterocycles. The molecule has 0 heterocycles. The molecule has 4 nitrogen and oxygen atoms in total. The maximum atomic E-state index is 10.4. The Morgan fingerprint density at radius 2 is 1.12 bits per heavy atom. The van der Waals surface area contributed by atoms with Crippen molar-refractivity contribution in [2.24, 2.45) is 9.98 Å². The lowest BCUT2D eigenvalue weighted by atomic mass is 10.0. The van der Waals surface area contributed by atoms with Crippen LogP contribution in [0, 0.1) is 0 Å². The summed E-state index contributed by atoms with van der Waals surface area (Å²) in [6.07, 6.45) is 3.11. The van der Waals surface area contributed by atoms with Gasteiger partial charge in [0, 0.05) is 5.54 Å². The maximum Gasteiger partial charge on any atom is 0.240 e. The summed E-state index contributed by atoms with van der Waals surface area (Å²) in [5, 5.41) is 1.25. The molecule has 0 bridgehead atoms. The maximum absolute atomic E-state index is 10.4. The summed E-state index contributed by atoms with van der Waals surface area (Å²) in [6.45, 7) is 0. The fourth-order valence-corrected chi connectivity index (χ4v) is 4.08. The zero-order chi connectivity index (χ0) is 18.2. The summed E-state index contributed by atoms with van der Waals surface area (Å²) in [7, 11) is 0.530. The number of nitrogens with zero attached hydrogens (tertiary/aromatic N) is 2. The van der Waals surface area contributed by atoms with Crippen molar-refractivity contribution in [3.8, 4) is 0 Å². The fraction of sp³-hybridized carbons (Fsp3) is 0.0476. The fourth-order valence-electron chi connectivity index (χ4n) is 2.65. The SMILES string of the molecule is O=C=Nc1ccc(C([Si]c2ccccc2)c2ccc(N=C=O)cc2)cc1. The molecule has 0 aliphatic heterocycles. The lowest BCUT2D eigenvalue weighted by Gasteiger charge is -2.18. The van der Waals surface area contributed by atoms with Crippen molar-refractivity contribution in [2.45, 2.75) is 5.54 Å². The molecule has 0 aliphatic carbocycles. The van der Waals surface area contributed by atoms with E-state index >= 15 is 0 Å². The minimum absolute atomic E-state index is 0.154. The van der Waals surface area contributed by atoms with Crippen molar-refractivity contribution in [1.82, 2.24) is 0 Å². The quantitative estimate of drug-likeness (QED) is 0.385. The van der Waals surface area contributed by atoms with E-state index in [1.165, 1.54) is 5.19 Å². The van der Waals surface area contributed by atoms with Crippen LogP contribution in [-0.4, -0.2) is 21.7 Å². The van der Waals surface area contributed by atoms with Crippen molar-refractivity contribution >= 4 is 38.2 Å². The molecule has 26 heavy (non-hydrogen) atoms. The molecule has 3 aromatic carbocycles. The molecule has 0 spiro atoms. The molecule has 0 fully saturated rings. The highest BCUT2D eigenvalue weighted by molar-refractivity contribution is 6.55. The second kappa shape index (κ2) is 8.65. The molecule has 124 valence electrons. The standard InChI is InChI=1S/C21H14N2O2Si/c24-14-22-18-10-6-16(7-11-18)21(26-20-4-2-1-3-5-20)17-8-12-19(13-9-17)23-15-25/h1-13,21H. The van der Waals surface area contributed by atoms with Crippen LogP contribution in [0.1, 0.15) is 16.7 Å². The second-order valence-corrected chi connectivity index (χ2v) is 6.98. The summed E-state index contributed by atoms with van der Waals surface area (Å²) in [6, 6.07) is 25.5. The first-order valence-electron chi connectivity index (χ1n) is 7.97. The Hall–Kier alpha value is -3.36. The van der Waals surface area contributed by atoms with Crippen molar-refractivity contribution in [2.75, 3.05) is 0 Å². The van der Waals surface area contributed by atoms with Crippen LogP contribution in [0.15, 0.2) is 88.8 Å². The molecule has 0 amide bonds. The van der Waals surface area contributed by atoms with Gasteiger partial charge in [0.2, 0.25) is 12.2 Å². The molecular weight excluding hydrogens is 340 g/mol. The highest BCUT2D eigenvalue weighted by Crippen LogP contribution is 2.27. The average molecular weight is 354 g/mol. The number of rotatable bonds is 6. The van der Waals surface area contributed by atoms with Gasteiger partial charge in [-0.2, -0.15) is 9.98 Å². The summed E-state index contributed by atoms with van der Waals surface area (Å²) in [4.78, 5) is 28.1. The lowest BCUT2D eigenvalue weighted by Crippen LogP contribution is -2.22. The number of isocyanates is 2. The van der Waals surface area contributed by atoms with Gasteiger partial charge in [-0.3, -0.25) is 0 Å². The minimum atomic E-state index is 0.154. The molecule has 0 aromatic heterocycles. The van der Waals surface area contributed by atoms with Crippen LogP contribution >= 0.6 is 0 Å². The third kappa shape index (κ3) is 4.38. The first kappa shape index (κ1) is 17.5. The van der Waals surface area contributed by atoms with Crippen LogP contribution in [0.2, 0.25) is 0 Å². The van der Waals surface area contributed by atoms with Gasteiger partial charge in [0.05, 0.1) is 20.9 Å². The second-order valence-electron chi connectivity index (χ2n) is 5.53. The van der Waals surface area contributed by atoms with Crippen molar-refractivity contribution in [3.05, 3.63) is 90.0 Å². The first-order valence-corrected chi connectivity index (χ1v) is 9.05. The van der Waals surface area contributed by atoms with Gasteiger partial charge in [0.15, 0.2) is 0 Å². The molecule has 2 radical (unpaired) electrons. The molecule has 0 atom stereocenters. The zero-order valence-electron chi connectivity index (χ0n) is 13.8. The number of hydrogen-bond acceptors (Lipinski definition) is 4. The van der Waals surface area contributed by atoms with Crippen LogP contribution < -0.4 is 5.19 Å². The molecule has 0 aliphatic rings. The Balaban J connectivity index is 1.97. The number of benzene rings is 3. The van der Waals surface area contributed by atoms with E-state index < -0.39 is 0 Å². The predicted octanol–water partition coefficient (Wildman–Crippen LogP) is 3.74. The first-order chi connectivity index (χ1) is 12.8. The Morgan fingerprint density at radius 1 is 0.654 bits per heavy atom. The van der Waals surface area contributed by atoms with Crippen LogP contribution in [0.3, 0.4) is 0 Å². The Labute approximate surface area is 153 Å². The van der Waals surface area contributed by atoms with E-state index in [2.05, 4.69) is 22.1 Å². The van der Waals surface area contributed by atoms with E-state index in [0.717, 1.165) is 11.1 Å². The van der Waals surface area contributed by atoms with E-state index in [4.69, 9.17) is 0 Å². The van der Waals surface area contributed by atoms with Gasteiger partial charge < -0.3 is 0 Å². The Kier molecular flexibility index (Phi) is 5.81. The van der Waals surface area contributed by atoms with Crippen LogP contribution in [0.5, 0.6) is 0 Å². The lowest BCUT2D eigenvalue weighted by molar-refractivity contribution is 0.564. The topological polar surface area (TPSA) is 58.9 Å². The van der Waals surface area contributed by atoms with Gasteiger partial charge in [0.25, 0.3) is 0 Å². The van der Waals surface area contributed by atoms with Crippen LogP contribution in [0.25, 0.3) is 0 Å². The molecule has 5 heteroatoms. The highest BCUT2D eigenvalue weighted by atomic mass is 28.2. The van der Waals surface area contributed by atoms with Gasteiger partial charge in [-0.1, -0.05) is 59.8 Å². The highest BCUT2D eigenvalue weighted by Gasteiger charge is 2.16. The normalized spacial score (nSPS) is 11.1. The van der Waals surface area contributed by atoms with Gasteiger partial charge in [-0.05, 0) is 35.4 Å². The van der Waals surface area contributed by atoms with Crippen molar-refractivity contribution < 1.29 is 9.59 Å². The van der Waals surface area contributed by atoms with Crippen LogP contribution in [0.4, 0.5) is 11.4 Å². The molecule has 3 aromatic rings. The van der Waals surface area contributed by atoms with Crippen molar-refractivity contribution in [3.63, 3.8) is 0 Å². The Bertz CT molecular complexity index is 896. The van der Waals surface area contributed by atoms with Gasteiger partial charge in [-0.15, -0.1) is 0 Å². The third-order valence-electron chi connectivity index (χ3n) is 3.89. The summed E-state index contributed by atoms with van der Waals surface area (Å²) in [5.41, 5.74) is 3.58. The number of hydrogen-bond donors (Lipinski definition) is 0. The molecule has 0 saturated carbocycles. The molecule has 0 unspecified atom stereocenters. The van der Waals surface area contributed by atoms with E-state index in [9.17, 15) is 9.59 Å². The summed E-state index contributed by atoms with van der Waals surface area (Å²) < 4.78 is 0. The largest absolute Gasteiger partial charge is 0.240 e. The minimum Gasteiger partial charge on any atom is -0.211 e. The summed E-state index contributed by atoms with van der Waals surface area (Å²) in [5.74, 6) is 0. The summed E-state index contributed by atoms with van der Waals surface area (Å²) >= 11 is 0. The zero-order valence-corrected chi connectivity index (χ0v) is 14.8. The monoisotopic (exact) mass is 354 g/mol. The van der Waals surface area contributed by atoms with Gasteiger partial charge in [0.1, 0.15) is 0 Å². The third-order valence-corrected chi connectivity index (χ3v) is 5.51. The average Bonchev–Trinajstić information content (AvgIpc) is 2.69. The van der Waals surface area contributed by atoms with E-state index in [1.807, 2.05) is 66.7 Å². The van der Waals surface area contributed by atoms with Gasteiger partial charge >= 0.3 is 0 Å². The smallest absolute Gasteiger partial charge is 0.211 e. The van der Waals surface area contributed by atoms with Crippen molar-refractivity contribution in [1.29, 1.82) is 0 Å². The van der Waals surface area contributed by atoms with E-state index in [-0.39, 0.29) is 5.54 Å². The molecule has 3 rings (SSSR count). The predicted molar refractivity (Wildman–Crippen MR) is 102 cm³/mol. The Morgan fingerprint density at radius 3 is 1.54 bits per heavy atom. The van der Waals surface area contributed by atoms with E-state index in [0.29, 0.717) is 20.9 Å². The number of carbonyl (C=O) groups excluding carboxylic acids is 2. The molecular formula is C21H14N2O2Si. The van der Waals surface area contributed by atoms with Crippen LogP contribution in [-0.2, 0) is 9.59 Å². The molecule has 0 N–H and O–H groups in total. The van der Waals surface area contributed by atoms with Gasteiger partial charge in [-0.25, -0.2) is 9.59 Å². The van der Waals surface area contributed by atoms with E-state index in [1.54, 1.807) is 12.2 Å².